The van der Waals surface area contributed by atoms with E-state index in [1.165, 1.54) is 19.2 Å². The van der Waals surface area contributed by atoms with Gasteiger partial charge in [-0.15, -0.1) is 0 Å². The molecule has 216 valence electrons. The van der Waals surface area contributed by atoms with Crippen molar-refractivity contribution in [3.8, 4) is 11.5 Å². The average Bonchev–Trinajstić information content (AvgIpc) is 3.38. The molecule has 0 spiro atoms. The summed E-state index contributed by atoms with van der Waals surface area (Å²) in [5.41, 5.74) is 1.53. The summed E-state index contributed by atoms with van der Waals surface area (Å²) >= 11 is 12.3. The fourth-order valence-corrected chi connectivity index (χ4v) is 5.00. The third-order valence-corrected chi connectivity index (χ3v) is 7.27. The van der Waals surface area contributed by atoms with Gasteiger partial charge in [0.1, 0.15) is 18.1 Å². The van der Waals surface area contributed by atoms with Gasteiger partial charge in [0.05, 0.1) is 52.7 Å². The predicted molar refractivity (Wildman–Crippen MR) is 156 cm³/mol. The number of carbonyl (C=O) groups is 3. The van der Waals surface area contributed by atoms with Crippen molar-refractivity contribution in [2.24, 2.45) is 0 Å². The Kier molecular flexibility index (Phi) is 9.93. The molecule has 0 bridgehead atoms. The van der Waals surface area contributed by atoms with E-state index < -0.39 is 12.0 Å². The number of likely N-dealkylation sites (tertiary alicyclic amines) is 1. The Balaban J connectivity index is 1.39. The van der Waals surface area contributed by atoms with Crippen LogP contribution in [0.25, 0.3) is 0 Å². The largest absolute Gasteiger partial charge is 0.495 e. The Bertz CT molecular complexity index is 1400. The van der Waals surface area contributed by atoms with E-state index in [1.807, 2.05) is 0 Å². The SMILES string of the molecule is COc1cc(CC(=O)N2CC(OC)C[C@H]2COc2ccc(C(=O)O)cc2)ccc1NC(=O)Nc1c(Cl)cccc1Cl. The summed E-state index contributed by atoms with van der Waals surface area (Å²) in [5, 5.41) is 15.0. The van der Waals surface area contributed by atoms with Crippen molar-refractivity contribution in [1.29, 1.82) is 0 Å². The van der Waals surface area contributed by atoms with E-state index in [1.54, 1.807) is 60.5 Å². The van der Waals surface area contributed by atoms with Crippen LogP contribution in [0.1, 0.15) is 22.3 Å². The van der Waals surface area contributed by atoms with Gasteiger partial charge in [0.2, 0.25) is 5.91 Å². The highest BCUT2D eigenvalue weighted by Gasteiger charge is 2.35. The van der Waals surface area contributed by atoms with Crippen LogP contribution >= 0.6 is 23.2 Å². The molecule has 1 aliphatic rings. The lowest BCUT2D eigenvalue weighted by atomic mass is 10.1. The number of urea groups is 1. The first-order chi connectivity index (χ1) is 19.7. The number of carboxylic acid groups (broad SMARTS) is 1. The van der Waals surface area contributed by atoms with Crippen LogP contribution in [0.4, 0.5) is 16.2 Å². The number of nitrogens with one attached hydrogen (secondary N) is 2. The van der Waals surface area contributed by atoms with Gasteiger partial charge in [-0.1, -0.05) is 35.3 Å². The van der Waals surface area contributed by atoms with Crippen molar-refractivity contribution >= 4 is 52.5 Å². The van der Waals surface area contributed by atoms with Gasteiger partial charge in [0, 0.05) is 13.7 Å². The van der Waals surface area contributed by atoms with E-state index in [0.717, 1.165) is 0 Å². The van der Waals surface area contributed by atoms with Crippen LogP contribution in [0, 0.1) is 0 Å². The smallest absolute Gasteiger partial charge is 0.335 e. The molecule has 41 heavy (non-hydrogen) atoms. The summed E-state index contributed by atoms with van der Waals surface area (Å²) in [6, 6.07) is 15.3. The van der Waals surface area contributed by atoms with E-state index in [9.17, 15) is 14.4 Å². The highest BCUT2D eigenvalue weighted by Crippen LogP contribution is 2.31. The standard InChI is InChI=1S/C29H29Cl2N3O7/c1-39-21-14-19(16-41-20-9-7-18(8-10-20)28(36)37)34(15-21)26(35)13-17-6-11-24(25(12-17)40-2)32-29(38)33-27-22(30)4-3-5-23(27)31/h3-12,19,21H,13-16H2,1-2H3,(H,36,37)(H2,32,33,38)/t19-,21?/m0/s1. The van der Waals surface area contributed by atoms with Crippen molar-refractivity contribution in [2.45, 2.75) is 25.0 Å². The molecule has 0 radical (unpaired) electrons. The number of halogens is 2. The quantitative estimate of drug-likeness (QED) is 0.277. The topological polar surface area (TPSA) is 126 Å². The van der Waals surface area contributed by atoms with Crippen molar-refractivity contribution in [3.63, 3.8) is 0 Å². The molecule has 1 heterocycles. The molecule has 0 aromatic heterocycles. The molecule has 12 heteroatoms. The maximum atomic E-state index is 13.4. The molecule has 3 aromatic carbocycles. The van der Waals surface area contributed by atoms with Crippen LogP contribution < -0.4 is 20.1 Å². The van der Waals surface area contributed by atoms with Gasteiger partial charge in [-0.2, -0.15) is 0 Å². The number of benzene rings is 3. The number of carboxylic acids is 1. The van der Waals surface area contributed by atoms with Gasteiger partial charge in [-0.05, 0) is 60.5 Å². The Morgan fingerprint density at radius 3 is 2.34 bits per heavy atom. The van der Waals surface area contributed by atoms with Crippen LogP contribution in [-0.4, -0.2) is 67.4 Å². The molecule has 3 aromatic rings. The molecule has 1 fully saturated rings. The Morgan fingerprint density at radius 2 is 1.71 bits per heavy atom. The number of nitrogens with zero attached hydrogens (tertiary/aromatic N) is 1. The summed E-state index contributed by atoms with van der Waals surface area (Å²) in [4.78, 5) is 38.8. The molecular weight excluding hydrogens is 573 g/mol. The van der Waals surface area contributed by atoms with Gasteiger partial charge >= 0.3 is 12.0 Å². The molecule has 0 saturated carbocycles. The monoisotopic (exact) mass is 601 g/mol. The van der Waals surface area contributed by atoms with E-state index >= 15 is 0 Å². The van der Waals surface area contributed by atoms with Crippen molar-refractivity contribution < 1.29 is 33.7 Å². The number of hydrogen-bond donors (Lipinski definition) is 3. The van der Waals surface area contributed by atoms with Crippen LogP contribution in [0.2, 0.25) is 10.0 Å². The molecule has 10 nitrogen and oxygen atoms in total. The maximum Gasteiger partial charge on any atom is 0.335 e. The number of methoxy groups -OCH3 is 2. The minimum atomic E-state index is -1.02. The molecule has 1 aliphatic heterocycles. The number of aromatic carboxylic acids is 1. The molecule has 1 unspecified atom stereocenters. The van der Waals surface area contributed by atoms with Gasteiger partial charge < -0.3 is 34.9 Å². The Hall–Kier alpha value is -3.99. The number of para-hydroxylation sites is 1. The van der Waals surface area contributed by atoms with Crippen LogP contribution in [0.3, 0.4) is 0 Å². The lowest BCUT2D eigenvalue weighted by molar-refractivity contribution is -0.132. The minimum absolute atomic E-state index is 0.0955. The highest BCUT2D eigenvalue weighted by molar-refractivity contribution is 6.39. The lowest BCUT2D eigenvalue weighted by Crippen LogP contribution is -2.40. The summed E-state index contributed by atoms with van der Waals surface area (Å²) in [6.45, 7) is 0.650. The zero-order valence-corrected chi connectivity index (χ0v) is 23.9. The van der Waals surface area contributed by atoms with Crippen molar-refractivity contribution in [3.05, 3.63) is 81.8 Å². The van der Waals surface area contributed by atoms with E-state index in [4.69, 9.17) is 42.5 Å². The third kappa shape index (κ3) is 7.60. The highest BCUT2D eigenvalue weighted by atomic mass is 35.5. The number of amides is 3. The Labute approximate surface area is 247 Å². The number of hydrogen-bond acceptors (Lipinski definition) is 6. The lowest BCUT2D eigenvalue weighted by Gasteiger charge is -2.25. The van der Waals surface area contributed by atoms with Crippen LogP contribution in [-0.2, 0) is 16.0 Å². The van der Waals surface area contributed by atoms with Crippen molar-refractivity contribution in [2.75, 3.05) is 38.0 Å². The van der Waals surface area contributed by atoms with Gasteiger partial charge in [0.25, 0.3) is 0 Å². The molecule has 4 rings (SSSR count). The second kappa shape index (κ2) is 13.6. The number of carbonyl (C=O) groups excluding carboxylic acids is 2. The Morgan fingerprint density at radius 1 is 1.00 bits per heavy atom. The fourth-order valence-electron chi connectivity index (χ4n) is 4.50. The first-order valence-electron chi connectivity index (χ1n) is 12.7. The third-order valence-electron chi connectivity index (χ3n) is 6.64. The van der Waals surface area contributed by atoms with E-state index in [-0.39, 0.29) is 42.3 Å². The van der Waals surface area contributed by atoms with Crippen molar-refractivity contribution in [1.82, 2.24) is 4.90 Å². The van der Waals surface area contributed by atoms with Gasteiger partial charge in [-0.25, -0.2) is 9.59 Å². The summed E-state index contributed by atoms with van der Waals surface area (Å²) in [5.74, 6) is -0.250. The molecule has 0 aliphatic carbocycles. The predicted octanol–water partition coefficient (Wildman–Crippen LogP) is 5.58. The summed E-state index contributed by atoms with van der Waals surface area (Å²) in [7, 11) is 3.07. The summed E-state index contributed by atoms with van der Waals surface area (Å²) < 4.78 is 16.8. The molecule has 1 saturated heterocycles. The fraction of sp³-hybridized carbons (Fsp3) is 0.276. The van der Waals surface area contributed by atoms with E-state index in [0.29, 0.717) is 45.8 Å². The molecule has 3 N–H and O–H groups in total. The maximum absolute atomic E-state index is 13.4. The van der Waals surface area contributed by atoms with Crippen LogP contribution in [0.15, 0.2) is 60.7 Å². The normalized spacial score (nSPS) is 16.2. The van der Waals surface area contributed by atoms with Gasteiger partial charge in [0.15, 0.2) is 0 Å². The molecular formula is C29H29Cl2N3O7. The van der Waals surface area contributed by atoms with Gasteiger partial charge in [-0.3, -0.25) is 4.79 Å². The first-order valence-corrected chi connectivity index (χ1v) is 13.4. The number of anilines is 2. The molecule has 2 atom stereocenters. The first kappa shape index (κ1) is 30.0. The number of rotatable bonds is 10. The minimum Gasteiger partial charge on any atom is -0.495 e. The average molecular weight is 602 g/mol. The summed E-state index contributed by atoms with van der Waals surface area (Å²) in [6.07, 6.45) is 0.568. The second-order valence-electron chi connectivity index (χ2n) is 9.32. The zero-order valence-electron chi connectivity index (χ0n) is 22.4. The number of ether oxygens (including phenoxy) is 3. The second-order valence-corrected chi connectivity index (χ2v) is 10.1. The van der Waals surface area contributed by atoms with Crippen LogP contribution in [0.5, 0.6) is 11.5 Å². The zero-order chi connectivity index (χ0) is 29.5. The van der Waals surface area contributed by atoms with E-state index in [2.05, 4.69) is 10.6 Å². The molecule has 3 amide bonds.